The summed E-state index contributed by atoms with van der Waals surface area (Å²) < 4.78 is 12.1. The van der Waals surface area contributed by atoms with Gasteiger partial charge in [0.2, 0.25) is 0 Å². The Morgan fingerprint density at radius 2 is 1.91 bits per heavy atom. The maximum atomic E-state index is 10.1. The fraction of sp³-hybridized carbons (Fsp3) is 0.370. The summed E-state index contributed by atoms with van der Waals surface area (Å²) in [4.78, 5) is 4.52. The Morgan fingerprint density at radius 1 is 1.12 bits per heavy atom. The van der Waals surface area contributed by atoms with Gasteiger partial charge in [0.1, 0.15) is 11.3 Å². The van der Waals surface area contributed by atoms with Crippen LogP contribution in [-0.4, -0.2) is 39.7 Å². The Bertz CT molecular complexity index is 1290. The van der Waals surface area contributed by atoms with Gasteiger partial charge < -0.3 is 24.7 Å². The summed E-state index contributed by atoms with van der Waals surface area (Å²) in [6, 6.07) is 16.6. The molecule has 5 rings (SSSR count). The lowest BCUT2D eigenvalue weighted by Gasteiger charge is -2.26. The Morgan fingerprint density at radius 3 is 2.67 bits per heavy atom. The van der Waals surface area contributed by atoms with E-state index in [1.807, 2.05) is 18.2 Å². The maximum absolute atomic E-state index is 10.1. The number of hydrogen-bond acceptors (Lipinski definition) is 6. The average molecular weight is 447 g/mol. The molecule has 0 radical (unpaired) electrons. The second-order valence-corrected chi connectivity index (χ2v) is 9.52. The monoisotopic (exact) mass is 446 g/mol. The lowest BCUT2D eigenvalue weighted by atomic mass is 9.99. The third-order valence-corrected chi connectivity index (χ3v) is 6.48. The summed E-state index contributed by atoms with van der Waals surface area (Å²) in [7, 11) is 0. The Balaban J connectivity index is 1.46. The molecule has 0 bridgehead atoms. The molecule has 0 spiro atoms. The first-order valence-electron chi connectivity index (χ1n) is 11.5. The standard InChI is InChI=1S/C27H30N2O4/c1-16-8-9-21(20-7-5-4-6-19(16)20)25-14-23-26(32-25)22(10-11-28-23)29-18-12-17(15-30)24(13-18)33-27(2,3)31/h4-11,14,17-18,24,30-31H,12-13,15H2,1-3H3,(H,28,29)/t17-,18-,24?/m1/s1. The number of aliphatic hydroxyl groups is 2. The van der Waals surface area contributed by atoms with Crippen molar-refractivity contribution in [3.63, 3.8) is 0 Å². The summed E-state index contributed by atoms with van der Waals surface area (Å²) >= 11 is 0. The molecule has 0 saturated heterocycles. The van der Waals surface area contributed by atoms with Crippen molar-refractivity contribution in [1.82, 2.24) is 4.98 Å². The zero-order valence-electron chi connectivity index (χ0n) is 19.2. The minimum absolute atomic E-state index is 0.0239. The molecule has 2 aromatic carbocycles. The van der Waals surface area contributed by atoms with Crippen LogP contribution in [0.15, 0.2) is 59.1 Å². The van der Waals surface area contributed by atoms with Crippen LogP contribution in [-0.2, 0) is 4.74 Å². The van der Waals surface area contributed by atoms with Crippen molar-refractivity contribution in [2.45, 2.75) is 51.5 Å². The highest BCUT2D eigenvalue weighted by molar-refractivity contribution is 5.99. The van der Waals surface area contributed by atoms with Gasteiger partial charge >= 0.3 is 0 Å². The molecular formula is C27H30N2O4. The molecule has 3 N–H and O–H groups in total. The first kappa shape index (κ1) is 21.9. The van der Waals surface area contributed by atoms with Gasteiger partial charge in [0.15, 0.2) is 11.4 Å². The zero-order chi connectivity index (χ0) is 23.2. The maximum Gasteiger partial charge on any atom is 0.176 e. The van der Waals surface area contributed by atoms with Gasteiger partial charge in [-0.15, -0.1) is 0 Å². The van der Waals surface area contributed by atoms with Gasteiger partial charge in [0.05, 0.1) is 11.8 Å². The van der Waals surface area contributed by atoms with E-state index in [9.17, 15) is 10.2 Å². The van der Waals surface area contributed by atoms with Crippen molar-refractivity contribution in [1.29, 1.82) is 0 Å². The van der Waals surface area contributed by atoms with E-state index in [0.29, 0.717) is 12.0 Å². The number of ether oxygens (including phenoxy) is 1. The minimum Gasteiger partial charge on any atom is -0.452 e. The summed E-state index contributed by atoms with van der Waals surface area (Å²) in [6.45, 7) is 5.38. The second-order valence-electron chi connectivity index (χ2n) is 9.52. The minimum atomic E-state index is -1.23. The Labute approximate surface area is 193 Å². The molecule has 172 valence electrons. The molecule has 1 aliphatic carbocycles. The van der Waals surface area contributed by atoms with Crippen LogP contribution in [0, 0.1) is 12.8 Å². The van der Waals surface area contributed by atoms with E-state index in [1.54, 1.807) is 20.0 Å². The Hall–Kier alpha value is -2.93. The number of rotatable bonds is 6. The fourth-order valence-electron chi connectivity index (χ4n) is 4.98. The van der Waals surface area contributed by atoms with Gasteiger partial charge in [-0.1, -0.05) is 36.4 Å². The highest BCUT2D eigenvalue weighted by Crippen LogP contribution is 2.38. The van der Waals surface area contributed by atoms with E-state index in [2.05, 4.69) is 47.6 Å². The average Bonchev–Trinajstić information content (AvgIpc) is 3.37. The molecular weight excluding hydrogens is 416 g/mol. The molecule has 2 aromatic heterocycles. The molecule has 1 saturated carbocycles. The van der Waals surface area contributed by atoms with Crippen molar-refractivity contribution in [3.05, 3.63) is 60.3 Å². The molecule has 33 heavy (non-hydrogen) atoms. The van der Waals surface area contributed by atoms with Crippen molar-refractivity contribution in [2.24, 2.45) is 5.92 Å². The van der Waals surface area contributed by atoms with Crippen LogP contribution in [0.5, 0.6) is 0 Å². The Kier molecular flexibility index (Phi) is 5.60. The first-order valence-corrected chi connectivity index (χ1v) is 11.5. The van der Waals surface area contributed by atoms with E-state index < -0.39 is 5.79 Å². The SMILES string of the molecule is Cc1ccc(-c2cc3nccc(N[C@H]4CC(OC(C)(C)O)[C@@H](CO)C4)c3o2)c2ccccc12. The number of hydrogen-bond donors (Lipinski definition) is 3. The molecule has 1 aliphatic rings. The van der Waals surface area contributed by atoms with E-state index in [4.69, 9.17) is 9.15 Å². The van der Waals surface area contributed by atoms with Crippen molar-refractivity contribution >= 4 is 27.6 Å². The second kappa shape index (κ2) is 8.45. The number of fused-ring (bicyclic) bond motifs is 2. The van der Waals surface area contributed by atoms with Crippen molar-refractivity contribution in [3.8, 4) is 11.3 Å². The van der Waals surface area contributed by atoms with Crippen molar-refractivity contribution in [2.75, 3.05) is 11.9 Å². The number of furan rings is 1. The number of nitrogens with zero attached hydrogens (tertiary/aromatic N) is 1. The van der Waals surface area contributed by atoms with E-state index in [0.717, 1.165) is 34.3 Å². The summed E-state index contributed by atoms with van der Waals surface area (Å²) in [5, 5.41) is 25.8. The number of pyridine rings is 1. The smallest absolute Gasteiger partial charge is 0.176 e. The first-order chi connectivity index (χ1) is 15.8. The number of aliphatic hydroxyl groups excluding tert-OH is 1. The third-order valence-electron chi connectivity index (χ3n) is 6.48. The molecule has 6 nitrogen and oxygen atoms in total. The topological polar surface area (TPSA) is 87.8 Å². The van der Waals surface area contributed by atoms with Crippen LogP contribution < -0.4 is 5.32 Å². The predicted molar refractivity (Wildman–Crippen MR) is 130 cm³/mol. The summed E-state index contributed by atoms with van der Waals surface area (Å²) in [5.74, 6) is -0.480. The molecule has 6 heteroatoms. The van der Waals surface area contributed by atoms with Crippen LogP contribution in [0.1, 0.15) is 32.3 Å². The van der Waals surface area contributed by atoms with E-state index in [-0.39, 0.29) is 24.7 Å². The van der Waals surface area contributed by atoms with Crippen LogP contribution in [0.4, 0.5) is 5.69 Å². The molecule has 1 unspecified atom stereocenters. The quantitative estimate of drug-likeness (QED) is 0.351. The molecule has 1 fully saturated rings. The third kappa shape index (κ3) is 4.34. The molecule has 4 aromatic rings. The lowest BCUT2D eigenvalue weighted by molar-refractivity contribution is -0.214. The fourth-order valence-corrected chi connectivity index (χ4v) is 4.98. The van der Waals surface area contributed by atoms with Gasteiger partial charge in [-0.3, -0.25) is 4.98 Å². The number of anilines is 1. The van der Waals surface area contributed by atoms with E-state index >= 15 is 0 Å². The highest BCUT2D eigenvalue weighted by Gasteiger charge is 2.37. The molecule has 0 aliphatic heterocycles. The predicted octanol–water partition coefficient (Wildman–Crippen LogP) is 5.25. The number of benzene rings is 2. The normalized spacial score (nSPS) is 21.2. The van der Waals surface area contributed by atoms with E-state index in [1.165, 1.54) is 10.9 Å². The van der Waals surface area contributed by atoms with Gasteiger partial charge in [-0.25, -0.2) is 0 Å². The van der Waals surface area contributed by atoms with Crippen LogP contribution in [0.25, 0.3) is 33.2 Å². The molecule has 0 amide bonds. The number of nitrogens with one attached hydrogen (secondary N) is 1. The molecule has 2 heterocycles. The lowest BCUT2D eigenvalue weighted by Crippen LogP contribution is -2.33. The van der Waals surface area contributed by atoms with Gasteiger partial charge in [0, 0.05) is 36.4 Å². The van der Waals surface area contributed by atoms with Crippen LogP contribution in [0.2, 0.25) is 0 Å². The van der Waals surface area contributed by atoms with Crippen LogP contribution in [0.3, 0.4) is 0 Å². The number of aromatic nitrogens is 1. The van der Waals surface area contributed by atoms with Crippen molar-refractivity contribution < 1.29 is 19.4 Å². The number of aryl methyl sites for hydroxylation is 1. The van der Waals surface area contributed by atoms with Gasteiger partial charge in [-0.2, -0.15) is 0 Å². The zero-order valence-corrected chi connectivity index (χ0v) is 19.2. The van der Waals surface area contributed by atoms with Gasteiger partial charge in [0.25, 0.3) is 0 Å². The highest BCUT2D eigenvalue weighted by atomic mass is 16.6. The van der Waals surface area contributed by atoms with Crippen LogP contribution >= 0.6 is 0 Å². The molecule has 3 atom stereocenters. The summed E-state index contributed by atoms with van der Waals surface area (Å²) in [6.07, 6.45) is 3.00. The largest absolute Gasteiger partial charge is 0.452 e. The van der Waals surface area contributed by atoms with Gasteiger partial charge in [-0.05, 0) is 56.0 Å². The summed E-state index contributed by atoms with van der Waals surface area (Å²) in [5.41, 5.74) is 4.65.